The fourth-order valence-electron chi connectivity index (χ4n) is 4.59. The minimum Gasteiger partial charge on any atom is -0.485 e. The summed E-state index contributed by atoms with van der Waals surface area (Å²) in [6, 6.07) is 13.6. The molecule has 2 amide bonds. The first-order valence-corrected chi connectivity index (χ1v) is 11.3. The van der Waals surface area contributed by atoms with Crippen LogP contribution in [-0.2, 0) is 4.79 Å². The number of hydrogen-bond donors (Lipinski definition) is 0. The van der Waals surface area contributed by atoms with E-state index in [1.807, 2.05) is 25.2 Å². The van der Waals surface area contributed by atoms with Gasteiger partial charge >= 0.3 is 0 Å². The van der Waals surface area contributed by atoms with E-state index in [2.05, 4.69) is 17.9 Å². The van der Waals surface area contributed by atoms with Crippen LogP contribution in [0.2, 0.25) is 0 Å². The van der Waals surface area contributed by atoms with Gasteiger partial charge in [0.2, 0.25) is 5.91 Å². The van der Waals surface area contributed by atoms with Gasteiger partial charge in [-0.2, -0.15) is 0 Å². The first-order chi connectivity index (χ1) is 15.5. The number of carbonyl (C=O) groups excluding carboxylic acids is 2. The second kappa shape index (κ2) is 9.59. The Morgan fingerprint density at radius 3 is 2.47 bits per heavy atom. The molecule has 170 valence electrons. The molecule has 6 nitrogen and oxygen atoms in total. The van der Waals surface area contributed by atoms with Crippen LogP contribution in [0.1, 0.15) is 30.1 Å². The molecule has 2 aromatic rings. The Morgan fingerprint density at radius 1 is 1.09 bits per heavy atom. The number of rotatable bonds is 5. The van der Waals surface area contributed by atoms with Crippen molar-refractivity contribution in [2.45, 2.75) is 25.9 Å². The van der Waals surface area contributed by atoms with E-state index < -0.39 is 0 Å². The van der Waals surface area contributed by atoms with Crippen molar-refractivity contribution in [2.24, 2.45) is 5.92 Å². The van der Waals surface area contributed by atoms with Crippen LogP contribution in [0.25, 0.3) is 0 Å². The molecule has 32 heavy (non-hydrogen) atoms. The van der Waals surface area contributed by atoms with E-state index in [4.69, 9.17) is 4.74 Å². The fraction of sp³-hybridized carbons (Fsp3) is 0.440. The van der Waals surface area contributed by atoms with Crippen LogP contribution in [0, 0.1) is 11.7 Å². The van der Waals surface area contributed by atoms with Crippen molar-refractivity contribution in [3.8, 4) is 5.75 Å². The number of ether oxygens (including phenoxy) is 1. The highest BCUT2D eigenvalue weighted by atomic mass is 19.1. The zero-order valence-electron chi connectivity index (χ0n) is 18.7. The number of amides is 2. The predicted octanol–water partition coefficient (Wildman–Crippen LogP) is 3.42. The zero-order chi connectivity index (χ0) is 22.7. The smallest absolute Gasteiger partial charge is 0.253 e. The van der Waals surface area contributed by atoms with Crippen molar-refractivity contribution >= 4 is 17.5 Å². The van der Waals surface area contributed by atoms with Crippen LogP contribution in [0.3, 0.4) is 0 Å². The van der Waals surface area contributed by atoms with Crippen LogP contribution in [-0.4, -0.2) is 67.5 Å². The molecule has 1 saturated heterocycles. The molecule has 4 rings (SSSR count). The lowest BCUT2D eigenvalue weighted by Gasteiger charge is -2.38. The van der Waals surface area contributed by atoms with E-state index in [1.54, 1.807) is 9.80 Å². The number of likely N-dealkylation sites (N-methyl/N-ethyl adjacent to an activating group) is 2. The van der Waals surface area contributed by atoms with Crippen LogP contribution in [0.4, 0.5) is 10.1 Å². The van der Waals surface area contributed by atoms with Gasteiger partial charge < -0.3 is 19.4 Å². The molecule has 0 aromatic heterocycles. The van der Waals surface area contributed by atoms with Crippen molar-refractivity contribution in [3.63, 3.8) is 0 Å². The predicted molar refractivity (Wildman–Crippen MR) is 121 cm³/mol. The average molecular weight is 440 g/mol. The van der Waals surface area contributed by atoms with E-state index in [1.165, 1.54) is 24.3 Å². The number of nitrogens with zero attached hydrogens (tertiary/aromatic N) is 3. The molecule has 1 atom stereocenters. The standard InChI is InChI=1S/C25H30FN3O3/c1-3-28-17-21(32-23-7-5-4-6-22(23)28)16-27(2)24(30)19-12-14-29(15-13-19)25(31)18-8-10-20(26)11-9-18/h4-11,19,21H,3,12-17H2,1-2H3/t21-/m1/s1. The third-order valence-corrected chi connectivity index (χ3v) is 6.38. The number of benzene rings is 2. The molecule has 2 aliphatic rings. The third kappa shape index (κ3) is 4.71. The number of piperidine rings is 1. The van der Waals surface area contributed by atoms with Gasteiger partial charge in [-0.1, -0.05) is 12.1 Å². The Kier molecular flexibility index (Phi) is 6.63. The normalized spacial score (nSPS) is 18.7. The monoisotopic (exact) mass is 439 g/mol. The maximum absolute atomic E-state index is 13.1. The highest BCUT2D eigenvalue weighted by Crippen LogP contribution is 2.33. The molecule has 2 aromatic carbocycles. The first kappa shape index (κ1) is 22.1. The Morgan fingerprint density at radius 2 is 1.78 bits per heavy atom. The summed E-state index contributed by atoms with van der Waals surface area (Å²) in [6.07, 6.45) is 1.18. The summed E-state index contributed by atoms with van der Waals surface area (Å²) in [6.45, 7) is 5.33. The third-order valence-electron chi connectivity index (χ3n) is 6.38. The van der Waals surface area contributed by atoms with Crippen molar-refractivity contribution in [1.82, 2.24) is 9.80 Å². The van der Waals surface area contributed by atoms with Crippen molar-refractivity contribution in [3.05, 3.63) is 59.9 Å². The van der Waals surface area contributed by atoms with Crippen LogP contribution in [0.15, 0.2) is 48.5 Å². The number of para-hydroxylation sites is 2. The van der Waals surface area contributed by atoms with E-state index in [0.29, 0.717) is 38.0 Å². The van der Waals surface area contributed by atoms with Gasteiger partial charge in [0.1, 0.15) is 17.7 Å². The highest BCUT2D eigenvalue weighted by molar-refractivity contribution is 5.94. The zero-order valence-corrected chi connectivity index (χ0v) is 18.7. The van der Waals surface area contributed by atoms with Gasteiger partial charge in [0.25, 0.3) is 5.91 Å². The largest absolute Gasteiger partial charge is 0.485 e. The van der Waals surface area contributed by atoms with E-state index in [0.717, 1.165) is 24.5 Å². The molecule has 0 bridgehead atoms. The lowest BCUT2D eigenvalue weighted by Crippen LogP contribution is -2.49. The molecule has 2 heterocycles. The summed E-state index contributed by atoms with van der Waals surface area (Å²) in [5.74, 6) is 0.387. The minimum atomic E-state index is -0.360. The summed E-state index contributed by atoms with van der Waals surface area (Å²) >= 11 is 0. The van der Waals surface area contributed by atoms with Gasteiger partial charge in [-0.15, -0.1) is 0 Å². The highest BCUT2D eigenvalue weighted by Gasteiger charge is 2.32. The minimum absolute atomic E-state index is 0.0843. The van der Waals surface area contributed by atoms with Gasteiger partial charge in [0.05, 0.1) is 18.8 Å². The van der Waals surface area contributed by atoms with E-state index >= 15 is 0 Å². The molecule has 1 fully saturated rings. The second-order valence-corrected chi connectivity index (χ2v) is 8.54. The first-order valence-electron chi connectivity index (χ1n) is 11.3. The van der Waals surface area contributed by atoms with Crippen molar-refractivity contribution < 1.29 is 18.7 Å². The summed E-state index contributed by atoms with van der Waals surface area (Å²) in [7, 11) is 1.83. The summed E-state index contributed by atoms with van der Waals surface area (Å²) < 4.78 is 19.3. The molecular formula is C25H30FN3O3. The molecule has 2 aliphatic heterocycles. The van der Waals surface area contributed by atoms with Gasteiger partial charge in [-0.3, -0.25) is 9.59 Å². The molecule has 0 radical (unpaired) electrons. The molecule has 0 saturated carbocycles. The van der Waals surface area contributed by atoms with Crippen LogP contribution < -0.4 is 9.64 Å². The molecular weight excluding hydrogens is 409 g/mol. The Balaban J connectivity index is 1.30. The number of fused-ring (bicyclic) bond motifs is 1. The summed E-state index contributed by atoms with van der Waals surface area (Å²) in [4.78, 5) is 31.5. The summed E-state index contributed by atoms with van der Waals surface area (Å²) in [5, 5.41) is 0. The van der Waals surface area contributed by atoms with Crippen LogP contribution in [0.5, 0.6) is 5.75 Å². The molecule has 0 aliphatic carbocycles. The number of anilines is 1. The summed E-state index contributed by atoms with van der Waals surface area (Å²) in [5.41, 5.74) is 1.57. The molecule has 7 heteroatoms. The second-order valence-electron chi connectivity index (χ2n) is 8.54. The SMILES string of the molecule is CCN1C[C@@H](CN(C)C(=O)C2CCN(C(=O)c3ccc(F)cc3)CC2)Oc2ccccc21. The number of halogens is 1. The van der Waals surface area contributed by atoms with Crippen molar-refractivity contribution in [1.29, 1.82) is 0 Å². The van der Waals surface area contributed by atoms with Crippen LogP contribution >= 0.6 is 0 Å². The Bertz CT molecular complexity index is 957. The maximum Gasteiger partial charge on any atom is 0.253 e. The van der Waals surface area contributed by atoms with Crippen molar-refractivity contribution in [2.75, 3.05) is 44.7 Å². The molecule has 0 N–H and O–H groups in total. The van der Waals surface area contributed by atoms with Gasteiger partial charge in [-0.05, 0) is 56.2 Å². The Hall–Kier alpha value is -3.09. The Labute approximate surface area is 188 Å². The number of carbonyl (C=O) groups is 2. The lowest BCUT2D eigenvalue weighted by molar-refractivity contribution is -0.136. The number of hydrogen-bond acceptors (Lipinski definition) is 4. The number of likely N-dealkylation sites (tertiary alicyclic amines) is 1. The lowest BCUT2D eigenvalue weighted by atomic mass is 9.94. The maximum atomic E-state index is 13.1. The van der Waals surface area contributed by atoms with Gasteiger partial charge in [0, 0.05) is 38.2 Å². The molecule has 0 unspecified atom stereocenters. The topological polar surface area (TPSA) is 53.1 Å². The quantitative estimate of drug-likeness (QED) is 0.717. The molecule has 0 spiro atoms. The van der Waals surface area contributed by atoms with E-state index in [-0.39, 0.29) is 29.7 Å². The van der Waals surface area contributed by atoms with E-state index in [9.17, 15) is 14.0 Å². The average Bonchev–Trinajstić information content (AvgIpc) is 2.83. The fourth-order valence-corrected chi connectivity index (χ4v) is 4.59. The van der Waals surface area contributed by atoms with Gasteiger partial charge in [-0.25, -0.2) is 4.39 Å². The van der Waals surface area contributed by atoms with Gasteiger partial charge in [0.15, 0.2) is 0 Å².